The van der Waals surface area contributed by atoms with Crippen molar-refractivity contribution in [3.63, 3.8) is 0 Å². The van der Waals surface area contributed by atoms with Crippen molar-refractivity contribution in [3.05, 3.63) is 41.7 Å². The summed E-state index contributed by atoms with van der Waals surface area (Å²) in [4.78, 5) is 25.8. The second-order valence-electron chi connectivity index (χ2n) is 6.07. The normalized spacial score (nSPS) is 10.8. The van der Waals surface area contributed by atoms with Gasteiger partial charge in [0.1, 0.15) is 5.76 Å². The summed E-state index contributed by atoms with van der Waals surface area (Å²) in [6, 6.07) is 9.58. The maximum atomic E-state index is 12.3. The van der Waals surface area contributed by atoms with Crippen LogP contribution in [-0.2, 0) is 9.59 Å². The SMILES string of the molecule is Cc1cc(NC(=O)CSCC(=O)N(C)c2cccc(C(C)C)c2)no1. The number of nitrogens with zero attached hydrogens (tertiary/aromatic N) is 2. The van der Waals surface area contributed by atoms with Gasteiger partial charge in [-0.15, -0.1) is 11.8 Å². The largest absolute Gasteiger partial charge is 0.360 e. The number of amides is 2. The lowest BCUT2D eigenvalue weighted by atomic mass is 10.0. The van der Waals surface area contributed by atoms with Gasteiger partial charge in [0.15, 0.2) is 5.82 Å². The fraction of sp³-hybridized carbons (Fsp3) is 0.389. The van der Waals surface area contributed by atoms with Crippen LogP contribution in [-0.4, -0.2) is 35.5 Å². The number of benzene rings is 1. The van der Waals surface area contributed by atoms with Gasteiger partial charge >= 0.3 is 0 Å². The fourth-order valence-corrected chi connectivity index (χ4v) is 2.90. The summed E-state index contributed by atoms with van der Waals surface area (Å²) in [6.07, 6.45) is 0. The van der Waals surface area contributed by atoms with E-state index >= 15 is 0 Å². The maximum absolute atomic E-state index is 12.3. The monoisotopic (exact) mass is 361 g/mol. The molecule has 1 N–H and O–H groups in total. The first-order valence-electron chi connectivity index (χ1n) is 8.04. The van der Waals surface area contributed by atoms with Crippen LogP contribution in [0.15, 0.2) is 34.9 Å². The Kier molecular flexibility index (Phi) is 6.64. The number of carbonyl (C=O) groups excluding carboxylic acids is 2. The van der Waals surface area contributed by atoms with Gasteiger partial charge in [-0.1, -0.05) is 31.1 Å². The number of anilines is 2. The Morgan fingerprint density at radius 1 is 1.28 bits per heavy atom. The number of nitrogens with one attached hydrogen (secondary N) is 1. The number of aryl methyl sites for hydroxylation is 1. The summed E-state index contributed by atoms with van der Waals surface area (Å²) >= 11 is 1.27. The Balaban J connectivity index is 1.81. The Bertz CT molecular complexity index is 743. The molecule has 6 nitrogen and oxygen atoms in total. The molecule has 1 heterocycles. The number of rotatable bonds is 7. The highest BCUT2D eigenvalue weighted by molar-refractivity contribution is 8.00. The van der Waals surface area contributed by atoms with Gasteiger partial charge in [-0.2, -0.15) is 0 Å². The average molecular weight is 361 g/mol. The third-order valence-electron chi connectivity index (χ3n) is 3.65. The van der Waals surface area contributed by atoms with Crippen molar-refractivity contribution in [1.29, 1.82) is 0 Å². The predicted molar refractivity (Wildman–Crippen MR) is 101 cm³/mol. The van der Waals surface area contributed by atoms with Gasteiger partial charge in [-0.25, -0.2) is 0 Å². The molecule has 0 unspecified atom stereocenters. The summed E-state index contributed by atoms with van der Waals surface area (Å²) < 4.78 is 4.88. The van der Waals surface area contributed by atoms with Crippen molar-refractivity contribution >= 4 is 35.1 Å². The first-order chi connectivity index (χ1) is 11.9. The number of hydrogen-bond acceptors (Lipinski definition) is 5. The highest BCUT2D eigenvalue weighted by Crippen LogP contribution is 2.21. The Morgan fingerprint density at radius 2 is 2.04 bits per heavy atom. The summed E-state index contributed by atoms with van der Waals surface area (Å²) in [5, 5.41) is 6.33. The highest BCUT2D eigenvalue weighted by atomic mass is 32.2. The van der Waals surface area contributed by atoms with Crippen LogP contribution in [0.2, 0.25) is 0 Å². The van der Waals surface area contributed by atoms with E-state index in [-0.39, 0.29) is 23.3 Å². The van der Waals surface area contributed by atoms with E-state index in [1.54, 1.807) is 24.9 Å². The lowest BCUT2D eigenvalue weighted by Crippen LogP contribution is -2.28. The first kappa shape index (κ1) is 19.1. The van der Waals surface area contributed by atoms with E-state index < -0.39 is 0 Å². The van der Waals surface area contributed by atoms with Crippen LogP contribution in [0.4, 0.5) is 11.5 Å². The molecular weight excluding hydrogens is 338 g/mol. The van der Waals surface area contributed by atoms with E-state index in [1.807, 2.05) is 18.2 Å². The van der Waals surface area contributed by atoms with Crippen molar-refractivity contribution in [3.8, 4) is 0 Å². The molecule has 7 heteroatoms. The smallest absolute Gasteiger partial charge is 0.236 e. The summed E-state index contributed by atoms with van der Waals surface area (Å²) in [6.45, 7) is 5.98. The van der Waals surface area contributed by atoms with Gasteiger partial charge in [0.05, 0.1) is 11.5 Å². The Hall–Kier alpha value is -2.28. The van der Waals surface area contributed by atoms with Crippen molar-refractivity contribution < 1.29 is 14.1 Å². The number of aromatic nitrogens is 1. The van der Waals surface area contributed by atoms with Crippen LogP contribution in [0.3, 0.4) is 0 Å². The van der Waals surface area contributed by atoms with Gasteiger partial charge in [0.2, 0.25) is 11.8 Å². The number of carbonyl (C=O) groups is 2. The van der Waals surface area contributed by atoms with E-state index in [4.69, 9.17) is 4.52 Å². The molecule has 0 saturated carbocycles. The number of thioether (sulfide) groups is 1. The molecule has 1 aromatic carbocycles. The van der Waals surface area contributed by atoms with Gasteiger partial charge in [0, 0.05) is 18.8 Å². The standard InChI is InChI=1S/C18H23N3O3S/c1-12(2)14-6-5-7-15(9-14)21(4)18(23)11-25-10-17(22)19-16-8-13(3)24-20-16/h5-9,12H,10-11H2,1-4H3,(H,19,20,22). The van der Waals surface area contributed by atoms with Crippen LogP contribution in [0.1, 0.15) is 31.1 Å². The molecule has 0 fully saturated rings. The molecule has 25 heavy (non-hydrogen) atoms. The molecule has 0 atom stereocenters. The summed E-state index contributed by atoms with van der Waals surface area (Å²) in [7, 11) is 1.75. The zero-order valence-corrected chi connectivity index (χ0v) is 15.7. The molecule has 0 aliphatic heterocycles. The van der Waals surface area contributed by atoms with Gasteiger partial charge in [0.25, 0.3) is 0 Å². The Labute approximate surface area is 151 Å². The average Bonchev–Trinajstić information content (AvgIpc) is 2.98. The van der Waals surface area contributed by atoms with Crippen molar-refractivity contribution in [2.45, 2.75) is 26.7 Å². The molecule has 0 aliphatic carbocycles. The molecule has 0 saturated heterocycles. The van der Waals surface area contributed by atoms with Gasteiger partial charge < -0.3 is 14.7 Å². The predicted octanol–water partition coefficient (Wildman–Crippen LogP) is 3.44. The van der Waals surface area contributed by atoms with Gasteiger partial charge in [-0.3, -0.25) is 9.59 Å². The summed E-state index contributed by atoms with van der Waals surface area (Å²) in [5.74, 6) is 1.57. The second-order valence-corrected chi connectivity index (χ2v) is 7.05. The van der Waals surface area contributed by atoms with Crippen LogP contribution < -0.4 is 10.2 Å². The molecule has 2 aromatic rings. The van der Waals surface area contributed by atoms with E-state index in [2.05, 4.69) is 30.4 Å². The third-order valence-corrected chi connectivity index (χ3v) is 4.57. The molecule has 134 valence electrons. The fourth-order valence-electron chi connectivity index (χ4n) is 2.17. The topological polar surface area (TPSA) is 75.4 Å². The summed E-state index contributed by atoms with van der Waals surface area (Å²) in [5.41, 5.74) is 2.05. The van der Waals surface area contributed by atoms with E-state index in [1.165, 1.54) is 17.3 Å². The minimum absolute atomic E-state index is 0.0454. The van der Waals surface area contributed by atoms with Crippen molar-refractivity contribution in [2.75, 3.05) is 28.8 Å². The lowest BCUT2D eigenvalue weighted by molar-refractivity contribution is -0.115. The molecule has 2 rings (SSSR count). The molecular formula is C18H23N3O3S. The highest BCUT2D eigenvalue weighted by Gasteiger charge is 2.13. The van der Waals surface area contributed by atoms with Gasteiger partial charge in [-0.05, 0) is 30.5 Å². The minimum Gasteiger partial charge on any atom is -0.360 e. The molecule has 0 radical (unpaired) electrons. The first-order valence-corrected chi connectivity index (χ1v) is 9.19. The van der Waals surface area contributed by atoms with Crippen LogP contribution in [0.25, 0.3) is 0 Å². The Morgan fingerprint density at radius 3 is 2.68 bits per heavy atom. The molecule has 0 aliphatic rings. The second kappa shape index (κ2) is 8.71. The van der Waals surface area contributed by atoms with Crippen LogP contribution in [0, 0.1) is 6.92 Å². The molecule has 0 bridgehead atoms. The van der Waals surface area contributed by atoms with E-state index in [0.29, 0.717) is 17.5 Å². The minimum atomic E-state index is -0.212. The quantitative estimate of drug-likeness (QED) is 0.817. The molecule has 2 amide bonds. The lowest BCUT2D eigenvalue weighted by Gasteiger charge is -2.18. The van der Waals surface area contributed by atoms with E-state index in [0.717, 1.165) is 5.69 Å². The van der Waals surface area contributed by atoms with E-state index in [9.17, 15) is 9.59 Å². The zero-order valence-electron chi connectivity index (χ0n) is 14.9. The zero-order chi connectivity index (χ0) is 18.4. The van der Waals surface area contributed by atoms with Crippen LogP contribution >= 0.6 is 11.8 Å². The maximum Gasteiger partial charge on any atom is 0.236 e. The molecule has 1 aromatic heterocycles. The number of hydrogen-bond donors (Lipinski definition) is 1. The molecule has 0 spiro atoms. The van der Waals surface area contributed by atoms with Crippen molar-refractivity contribution in [1.82, 2.24) is 5.16 Å². The third kappa shape index (κ3) is 5.63. The van der Waals surface area contributed by atoms with Crippen LogP contribution in [0.5, 0.6) is 0 Å². The van der Waals surface area contributed by atoms with Crippen molar-refractivity contribution in [2.24, 2.45) is 0 Å².